The van der Waals surface area contributed by atoms with Crippen LogP contribution in [0.3, 0.4) is 0 Å². The van der Waals surface area contributed by atoms with E-state index in [9.17, 15) is 0 Å². The second-order valence-electron chi connectivity index (χ2n) is 8.67. The molecule has 4 heterocycles. The SMILES string of the molecule is Cc1ccc(-c2cc([C@@H]3CCO[C@@H](c4cnn(C)c4)C3)nc3nc(C)c(C)nc23)c(F)c1. The molecule has 2 atom stereocenters. The van der Waals surface area contributed by atoms with Crippen molar-refractivity contribution in [1.82, 2.24) is 24.7 Å². The molecule has 1 saturated heterocycles. The third-order valence-electron chi connectivity index (χ3n) is 6.28. The monoisotopic (exact) mass is 431 g/mol. The van der Waals surface area contributed by atoms with Crippen LogP contribution < -0.4 is 0 Å². The fourth-order valence-electron chi connectivity index (χ4n) is 4.38. The Balaban J connectivity index is 1.62. The van der Waals surface area contributed by atoms with E-state index in [1.807, 2.05) is 58.4 Å². The number of halogens is 1. The molecule has 1 fully saturated rings. The summed E-state index contributed by atoms with van der Waals surface area (Å²) in [7, 11) is 1.90. The van der Waals surface area contributed by atoms with Crippen molar-refractivity contribution in [2.24, 2.45) is 7.05 Å². The first-order valence-corrected chi connectivity index (χ1v) is 10.9. The minimum absolute atomic E-state index is 0.0367. The quantitative estimate of drug-likeness (QED) is 0.450. The van der Waals surface area contributed by atoms with Crippen molar-refractivity contribution in [2.45, 2.75) is 45.6 Å². The molecule has 1 aliphatic rings. The summed E-state index contributed by atoms with van der Waals surface area (Å²) in [6, 6.07) is 7.30. The number of hydrogen-bond acceptors (Lipinski definition) is 5. The predicted octanol–water partition coefficient (Wildman–Crippen LogP) is 5.12. The van der Waals surface area contributed by atoms with Gasteiger partial charge in [0.15, 0.2) is 5.65 Å². The molecular formula is C25H26FN5O. The van der Waals surface area contributed by atoms with Gasteiger partial charge in [-0.25, -0.2) is 19.3 Å². The molecule has 0 aliphatic carbocycles. The number of fused-ring (bicyclic) bond motifs is 1. The van der Waals surface area contributed by atoms with Gasteiger partial charge >= 0.3 is 0 Å². The smallest absolute Gasteiger partial charge is 0.179 e. The van der Waals surface area contributed by atoms with Gasteiger partial charge in [0.2, 0.25) is 0 Å². The van der Waals surface area contributed by atoms with Crippen LogP contribution in [0.4, 0.5) is 4.39 Å². The third-order valence-corrected chi connectivity index (χ3v) is 6.28. The van der Waals surface area contributed by atoms with Gasteiger partial charge in [0.25, 0.3) is 0 Å². The van der Waals surface area contributed by atoms with Crippen molar-refractivity contribution in [3.63, 3.8) is 0 Å². The van der Waals surface area contributed by atoms with Gasteiger partial charge in [-0.1, -0.05) is 12.1 Å². The minimum atomic E-state index is -0.260. The molecule has 0 unspecified atom stereocenters. The van der Waals surface area contributed by atoms with Crippen LogP contribution in [0.25, 0.3) is 22.3 Å². The molecule has 6 nitrogen and oxygen atoms in total. The number of hydrogen-bond donors (Lipinski definition) is 0. The van der Waals surface area contributed by atoms with E-state index >= 15 is 4.39 Å². The van der Waals surface area contributed by atoms with Crippen LogP contribution >= 0.6 is 0 Å². The molecule has 0 amide bonds. The summed E-state index contributed by atoms with van der Waals surface area (Å²) in [6.45, 7) is 6.37. The van der Waals surface area contributed by atoms with Gasteiger partial charge in [-0.15, -0.1) is 0 Å². The molecule has 1 aliphatic heterocycles. The largest absolute Gasteiger partial charge is 0.373 e. The molecule has 5 rings (SSSR count). The van der Waals surface area contributed by atoms with Gasteiger partial charge in [-0.3, -0.25) is 4.68 Å². The lowest BCUT2D eigenvalue weighted by Gasteiger charge is -2.29. The summed E-state index contributed by atoms with van der Waals surface area (Å²) in [6.07, 6.45) is 5.45. The van der Waals surface area contributed by atoms with E-state index in [2.05, 4.69) is 5.10 Å². The molecule has 32 heavy (non-hydrogen) atoms. The molecule has 0 radical (unpaired) electrons. The van der Waals surface area contributed by atoms with Crippen LogP contribution in [0.1, 0.15) is 53.1 Å². The second kappa shape index (κ2) is 8.06. The number of aromatic nitrogens is 5. The molecule has 7 heteroatoms. The number of rotatable bonds is 3. The topological polar surface area (TPSA) is 65.7 Å². The maximum absolute atomic E-state index is 15.0. The Hall–Kier alpha value is -3.19. The number of benzene rings is 1. The molecule has 164 valence electrons. The van der Waals surface area contributed by atoms with Crippen molar-refractivity contribution in [3.8, 4) is 11.1 Å². The molecule has 3 aromatic heterocycles. The summed E-state index contributed by atoms with van der Waals surface area (Å²) < 4.78 is 22.8. The molecule has 4 aromatic rings. The van der Waals surface area contributed by atoms with Crippen molar-refractivity contribution in [3.05, 3.63) is 70.7 Å². The van der Waals surface area contributed by atoms with E-state index < -0.39 is 0 Å². The standard InChI is InChI=1S/C25H26FN5O/c1-14-5-6-19(21(26)9-14)20-11-22(30-25-24(20)28-15(2)16(3)29-25)17-7-8-32-23(10-17)18-12-27-31(4)13-18/h5-6,9,11-13,17,23H,7-8,10H2,1-4H3/t17-,23-/m1/s1. The Labute approximate surface area is 186 Å². The summed E-state index contributed by atoms with van der Waals surface area (Å²) in [4.78, 5) is 14.3. The van der Waals surface area contributed by atoms with Gasteiger partial charge < -0.3 is 4.74 Å². The predicted molar refractivity (Wildman–Crippen MR) is 121 cm³/mol. The van der Waals surface area contributed by atoms with Crippen molar-refractivity contribution in [2.75, 3.05) is 6.61 Å². The maximum Gasteiger partial charge on any atom is 0.179 e. The Morgan fingerprint density at radius 3 is 2.59 bits per heavy atom. The number of aryl methyl sites for hydroxylation is 4. The van der Waals surface area contributed by atoms with E-state index in [4.69, 9.17) is 19.7 Å². The van der Waals surface area contributed by atoms with Gasteiger partial charge in [0.05, 0.1) is 23.7 Å². The highest BCUT2D eigenvalue weighted by Crippen LogP contribution is 2.39. The normalized spacial score (nSPS) is 18.9. The highest BCUT2D eigenvalue weighted by molar-refractivity contribution is 5.90. The zero-order valence-corrected chi connectivity index (χ0v) is 18.8. The van der Waals surface area contributed by atoms with Crippen LogP contribution in [0.2, 0.25) is 0 Å². The fraction of sp³-hybridized carbons (Fsp3) is 0.360. The maximum atomic E-state index is 15.0. The van der Waals surface area contributed by atoms with Crippen LogP contribution in [0.15, 0.2) is 36.7 Å². The lowest BCUT2D eigenvalue weighted by molar-refractivity contribution is 0.00465. The summed E-state index contributed by atoms with van der Waals surface area (Å²) in [5.41, 5.74) is 6.96. The van der Waals surface area contributed by atoms with Crippen LogP contribution in [-0.2, 0) is 11.8 Å². The first-order chi connectivity index (χ1) is 15.4. The number of nitrogens with zero attached hydrogens (tertiary/aromatic N) is 5. The molecule has 0 bridgehead atoms. The van der Waals surface area contributed by atoms with Gasteiger partial charge in [-0.2, -0.15) is 5.10 Å². The van der Waals surface area contributed by atoms with E-state index in [0.29, 0.717) is 23.3 Å². The fourth-order valence-corrected chi connectivity index (χ4v) is 4.38. The van der Waals surface area contributed by atoms with E-state index in [0.717, 1.165) is 46.6 Å². The Morgan fingerprint density at radius 1 is 1.03 bits per heavy atom. The Morgan fingerprint density at radius 2 is 1.84 bits per heavy atom. The average molecular weight is 432 g/mol. The molecular weight excluding hydrogens is 405 g/mol. The number of ether oxygens (including phenoxy) is 1. The van der Waals surface area contributed by atoms with Gasteiger partial charge in [0.1, 0.15) is 11.3 Å². The van der Waals surface area contributed by atoms with Crippen LogP contribution in [0.5, 0.6) is 0 Å². The lowest BCUT2D eigenvalue weighted by Crippen LogP contribution is -2.19. The van der Waals surface area contributed by atoms with Crippen molar-refractivity contribution >= 4 is 11.2 Å². The zero-order chi connectivity index (χ0) is 22.4. The van der Waals surface area contributed by atoms with Crippen LogP contribution in [0, 0.1) is 26.6 Å². The highest BCUT2D eigenvalue weighted by Gasteiger charge is 2.28. The van der Waals surface area contributed by atoms with Crippen LogP contribution in [-0.4, -0.2) is 31.3 Å². The van der Waals surface area contributed by atoms with E-state index in [1.165, 1.54) is 0 Å². The molecule has 1 aromatic carbocycles. The van der Waals surface area contributed by atoms with Gasteiger partial charge in [-0.05, 0) is 51.3 Å². The number of pyridine rings is 1. The average Bonchev–Trinajstić information content (AvgIpc) is 3.21. The summed E-state index contributed by atoms with van der Waals surface area (Å²) >= 11 is 0. The third kappa shape index (κ3) is 3.77. The highest BCUT2D eigenvalue weighted by atomic mass is 19.1. The Kier molecular flexibility index (Phi) is 5.21. The molecule has 0 spiro atoms. The Bertz CT molecular complexity index is 1320. The van der Waals surface area contributed by atoms with Crippen molar-refractivity contribution < 1.29 is 9.13 Å². The zero-order valence-electron chi connectivity index (χ0n) is 18.8. The van der Waals surface area contributed by atoms with Gasteiger partial charge in [0, 0.05) is 48.2 Å². The van der Waals surface area contributed by atoms with E-state index in [-0.39, 0.29) is 17.8 Å². The summed E-state index contributed by atoms with van der Waals surface area (Å²) in [5, 5.41) is 4.28. The van der Waals surface area contributed by atoms with Crippen molar-refractivity contribution in [1.29, 1.82) is 0 Å². The second-order valence-corrected chi connectivity index (χ2v) is 8.67. The minimum Gasteiger partial charge on any atom is -0.373 e. The first kappa shape index (κ1) is 20.7. The first-order valence-electron chi connectivity index (χ1n) is 10.9. The molecule has 0 N–H and O–H groups in total. The van der Waals surface area contributed by atoms with E-state index in [1.54, 1.807) is 10.7 Å². The summed E-state index contributed by atoms with van der Waals surface area (Å²) in [5.74, 6) is -0.0854. The molecule has 0 saturated carbocycles. The lowest BCUT2D eigenvalue weighted by atomic mass is 9.88.